The molecule has 2 aliphatic carbocycles. The van der Waals surface area contributed by atoms with Crippen LogP contribution in [0.2, 0.25) is 0 Å². The normalized spacial score (nSPS) is 50.7. The Bertz CT molecular complexity index is 1940. The number of aliphatic hydroxyl groups excluding tert-OH is 12. The third kappa shape index (κ3) is 16.5. The Kier molecular flexibility index (Phi) is 25.6. The van der Waals surface area contributed by atoms with Crippen molar-refractivity contribution in [1.82, 2.24) is 0 Å². The molecule has 5 heterocycles. The summed E-state index contributed by atoms with van der Waals surface area (Å²) in [6.45, 7) is -1.47. The van der Waals surface area contributed by atoms with Gasteiger partial charge in [-0.1, -0.05) is 0 Å². The molecule has 37 nitrogen and oxygen atoms in total. The van der Waals surface area contributed by atoms with Crippen molar-refractivity contribution in [2.45, 2.75) is 221 Å². The van der Waals surface area contributed by atoms with Crippen molar-refractivity contribution in [3.05, 3.63) is 0 Å². The van der Waals surface area contributed by atoms with Crippen molar-refractivity contribution in [3.8, 4) is 0 Å². The Labute approximate surface area is 452 Å². The number of ether oxygens (including phenoxy) is 10. The molecule has 2 saturated carbocycles. The molecule has 0 aromatic carbocycles. The van der Waals surface area contributed by atoms with Crippen LogP contribution in [0, 0.1) is 0 Å². The quantitative estimate of drug-likeness (QED) is 0.0677. The second-order valence-corrected chi connectivity index (χ2v) is 21.4. The minimum Gasteiger partial charge on any atom is -0.394 e. The lowest BCUT2D eigenvalue weighted by Gasteiger charge is -2.47. The molecule has 7 fully saturated rings. The molecule has 5 aliphatic heterocycles. The van der Waals surface area contributed by atoms with E-state index in [9.17, 15) is 61.3 Å². The largest absolute Gasteiger partial charge is 0.394 e. The van der Waals surface area contributed by atoms with Crippen LogP contribution in [-0.4, -0.2) is 314 Å². The Morgan fingerprint density at radius 3 is 1.22 bits per heavy atom. The Morgan fingerprint density at radius 1 is 0.354 bits per heavy atom. The topological polar surface area (TPSA) is 696 Å². The SMILES string of the molecule is NC[C@@H]1O[C@H](O[C@H]2[C@@H](O)[C@H](O[C@@H]3[C@@H](O)[C@H](N)C[C@H](N)[C@H]3O[C@H]3O[C@H](CN)[C@@H](O)[C@H](O)[C@H]3N)O[C@@H]2CO)[C@H](N)[C@@H](O)[C@@H]1O.NC[C@H]1O[C@H](O[C@H]2[C@H](O)[C@@H](O[C@H]3O[C@H](CO)[C@@H](O)[C@H](N)[C@H]3O)[C@H](N)C[C@@H]2N)[C@H](N)C[C@@H]1O.O=S(=O)(O)O. The molecule has 0 amide bonds. The van der Waals surface area contributed by atoms with Crippen molar-refractivity contribution < 1.29 is 126 Å². The van der Waals surface area contributed by atoms with Gasteiger partial charge in [0, 0.05) is 43.8 Å². The maximum atomic E-state index is 11.1. The lowest BCUT2D eigenvalue weighted by atomic mass is 9.84. The fraction of sp³-hybridized carbons (Fsp3) is 1.00. The Hall–Kier alpha value is -1.45. The summed E-state index contributed by atoms with van der Waals surface area (Å²) in [4.78, 5) is 0. The maximum Gasteiger partial charge on any atom is 0.394 e. The van der Waals surface area contributed by atoms with Crippen LogP contribution in [0.15, 0.2) is 0 Å². The van der Waals surface area contributed by atoms with E-state index in [1.807, 2.05) is 0 Å². The van der Waals surface area contributed by atoms with Crippen molar-refractivity contribution in [3.63, 3.8) is 0 Å². The van der Waals surface area contributed by atoms with Crippen molar-refractivity contribution in [2.24, 2.45) is 63.1 Å². The Morgan fingerprint density at radius 2 is 0.734 bits per heavy atom. The van der Waals surface area contributed by atoms with Crippen LogP contribution in [0.5, 0.6) is 0 Å². The molecular formula is C41H85N11O26S. The van der Waals surface area contributed by atoms with E-state index in [2.05, 4.69) is 0 Å². The molecule has 0 aromatic rings. The number of aliphatic hydroxyl groups is 12. The molecule has 79 heavy (non-hydrogen) atoms. The van der Waals surface area contributed by atoms with Gasteiger partial charge in [0.2, 0.25) is 0 Å². The highest BCUT2D eigenvalue weighted by molar-refractivity contribution is 7.79. The van der Waals surface area contributed by atoms with Gasteiger partial charge in [0.15, 0.2) is 31.5 Å². The summed E-state index contributed by atoms with van der Waals surface area (Å²) in [6.07, 6.45) is -30.5. The van der Waals surface area contributed by atoms with Crippen molar-refractivity contribution in [2.75, 3.05) is 32.8 Å². The molecule has 0 unspecified atom stereocenters. The summed E-state index contributed by atoms with van der Waals surface area (Å²) in [6, 6.07) is -7.45. The van der Waals surface area contributed by atoms with Gasteiger partial charge in [0.25, 0.3) is 0 Å². The summed E-state index contributed by atoms with van der Waals surface area (Å²) in [5.41, 5.74) is 65.4. The van der Waals surface area contributed by atoms with E-state index in [0.717, 1.165) is 0 Å². The fourth-order valence-electron chi connectivity index (χ4n) is 10.2. The van der Waals surface area contributed by atoms with Crippen LogP contribution in [-0.2, 0) is 57.8 Å². The average Bonchev–Trinajstić information content (AvgIpc) is 3.69. The fourth-order valence-corrected chi connectivity index (χ4v) is 10.2. The van der Waals surface area contributed by atoms with Crippen LogP contribution < -0.4 is 63.1 Å². The second kappa shape index (κ2) is 29.6. The van der Waals surface area contributed by atoms with E-state index < -0.39 is 225 Å². The highest BCUT2D eigenvalue weighted by atomic mass is 32.3. The molecule has 0 bridgehead atoms. The summed E-state index contributed by atoms with van der Waals surface area (Å²) in [5.74, 6) is 0. The first-order valence-electron chi connectivity index (χ1n) is 25.3. The van der Waals surface area contributed by atoms with Crippen LogP contribution in [0.3, 0.4) is 0 Å². The van der Waals surface area contributed by atoms with Crippen LogP contribution in [0.4, 0.5) is 0 Å². The molecular weight excluding hydrogens is 1090 g/mol. The molecule has 5 saturated heterocycles. The maximum absolute atomic E-state index is 11.1. The lowest BCUT2D eigenvalue weighted by Crippen LogP contribution is -2.68. The first-order valence-corrected chi connectivity index (χ1v) is 26.7. The number of nitrogens with two attached hydrogens (primary N) is 11. The van der Waals surface area contributed by atoms with Gasteiger partial charge < -0.3 is 172 Å². The number of hydrogen-bond acceptors (Lipinski definition) is 35. The zero-order valence-electron chi connectivity index (χ0n) is 42.6. The number of rotatable bonds is 15. The predicted octanol–water partition coefficient (Wildman–Crippen LogP) is -15.8. The van der Waals surface area contributed by atoms with Crippen LogP contribution >= 0.6 is 0 Å². The molecule has 38 heteroatoms. The van der Waals surface area contributed by atoms with E-state index in [1.54, 1.807) is 0 Å². The first kappa shape index (κ1) is 68.3. The van der Waals surface area contributed by atoms with Gasteiger partial charge in [-0.2, -0.15) is 8.42 Å². The summed E-state index contributed by atoms with van der Waals surface area (Å²) < 4.78 is 88.9. The second-order valence-electron chi connectivity index (χ2n) is 20.5. The summed E-state index contributed by atoms with van der Waals surface area (Å²) in [5, 5.41) is 124. The van der Waals surface area contributed by atoms with E-state index >= 15 is 0 Å². The minimum absolute atomic E-state index is 0.0542. The summed E-state index contributed by atoms with van der Waals surface area (Å²) >= 11 is 0. The molecule has 0 spiro atoms. The van der Waals surface area contributed by atoms with E-state index in [-0.39, 0.29) is 38.9 Å². The summed E-state index contributed by atoms with van der Waals surface area (Å²) in [7, 11) is -4.67. The molecule has 33 atom stereocenters. The zero-order valence-corrected chi connectivity index (χ0v) is 43.4. The third-order valence-corrected chi connectivity index (χ3v) is 14.8. The zero-order chi connectivity index (χ0) is 59.3. The minimum atomic E-state index is -4.67. The first-order chi connectivity index (χ1) is 36.9. The Balaban J connectivity index is 0.000000276. The van der Waals surface area contributed by atoms with Gasteiger partial charge in [-0.25, -0.2) is 0 Å². The standard InChI is InChI=1S/C23H46N6O13.C18H37N5O9.H2O4S/c24-2-7-13(32)15(34)10(28)21(37-7)40-18-6(27)1-5(26)12(31)20(18)42-23-17(36)19(9(4-30)39-23)41-22-11(29)16(35)14(33)8(3-25)38-22;19-3-9-8(25)2-7(22)17(29-9)31-15-5(20)1-6(21)16(14(15)28)32-18-13(27)11(23)12(26)10(4-24)30-18;1-5(2,3)4/h5-23,30-36H,1-4,24-29H2;5-18,24-28H,1-4,19-23H2;(H2,1,2,3,4)/t5-,6+,7-,8+,9-,10-,11-,12+,13-,14-,15-,16-,17-,18-,19-,20-,21-,22-,23+;5-,6+,7+,8-,9+,10+,11-,12+,13+,14-,15+,16-,17+,18+;/m10./s1. The monoisotopic (exact) mass is 1180 g/mol. The van der Waals surface area contributed by atoms with E-state index in [4.69, 9.17) is 128 Å². The average molecular weight is 1180 g/mol. The highest BCUT2D eigenvalue weighted by Gasteiger charge is 2.55. The molecule has 466 valence electrons. The third-order valence-electron chi connectivity index (χ3n) is 14.8. The van der Waals surface area contributed by atoms with Crippen LogP contribution in [0.1, 0.15) is 19.3 Å². The number of hydrogen-bond donors (Lipinski definition) is 25. The molecule has 7 aliphatic rings. The highest BCUT2D eigenvalue weighted by Crippen LogP contribution is 2.35. The smallest absolute Gasteiger partial charge is 0.394 e. The van der Waals surface area contributed by atoms with Gasteiger partial charge in [0.1, 0.15) is 104 Å². The molecule has 7 rings (SSSR count). The molecule has 36 N–H and O–H groups in total. The van der Waals surface area contributed by atoms with E-state index in [0.29, 0.717) is 0 Å². The van der Waals surface area contributed by atoms with Gasteiger partial charge in [-0.05, 0) is 19.3 Å². The van der Waals surface area contributed by atoms with Crippen molar-refractivity contribution in [1.29, 1.82) is 0 Å². The van der Waals surface area contributed by atoms with Crippen LogP contribution in [0.25, 0.3) is 0 Å². The van der Waals surface area contributed by atoms with Gasteiger partial charge >= 0.3 is 10.4 Å². The van der Waals surface area contributed by atoms with Gasteiger partial charge in [0.05, 0.1) is 55.7 Å². The van der Waals surface area contributed by atoms with Gasteiger partial charge in [-0.3, -0.25) is 9.11 Å². The molecule has 0 aromatic heterocycles. The van der Waals surface area contributed by atoms with E-state index in [1.165, 1.54) is 0 Å². The predicted molar refractivity (Wildman–Crippen MR) is 261 cm³/mol. The molecule has 0 radical (unpaired) electrons. The van der Waals surface area contributed by atoms with Crippen molar-refractivity contribution >= 4 is 10.4 Å². The van der Waals surface area contributed by atoms with Gasteiger partial charge in [-0.15, -0.1) is 0 Å². The lowest BCUT2D eigenvalue weighted by molar-refractivity contribution is -0.314.